The maximum atomic E-state index is 13.1. The standard InChI is InChI=1S/C31H35NO5S/c1-23-12-18-27(19-13-23)38(35,36)32-29-20-21-30(28(29)10-6-3-7-11-31(33)34)37-22-24-14-16-26(17-15-24)25-8-4-2-5-9-25/h2-6,8-9,12-19,28-30,32H,7,10-11,20-22H2,1H3,(H,33,34)/t28-,29+,30+/m1/s1. The molecule has 0 bridgehead atoms. The van der Waals surface area contributed by atoms with Crippen LogP contribution in [0.3, 0.4) is 0 Å². The number of aryl methyl sites for hydroxylation is 1. The second kappa shape index (κ2) is 13.0. The Morgan fingerprint density at radius 2 is 1.63 bits per heavy atom. The van der Waals surface area contributed by atoms with Gasteiger partial charge in [0, 0.05) is 18.4 Å². The third kappa shape index (κ3) is 7.63. The molecule has 0 spiro atoms. The first-order valence-corrected chi connectivity index (χ1v) is 14.5. The molecule has 1 fully saturated rings. The van der Waals surface area contributed by atoms with Crippen molar-refractivity contribution in [3.8, 4) is 11.1 Å². The molecule has 200 valence electrons. The van der Waals surface area contributed by atoms with E-state index >= 15 is 0 Å². The maximum Gasteiger partial charge on any atom is 0.303 e. The first-order valence-electron chi connectivity index (χ1n) is 13.0. The van der Waals surface area contributed by atoms with E-state index in [4.69, 9.17) is 9.84 Å². The van der Waals surface area contributed by atoms with Gasteiger partial charge in [0.15, 0.2) is 0 Å². The minimum absolute atomic E-state index is 0.0557. The van der Waals surface area contributed by atoms with E-state index in [2.05, 4.69) is 41.1 Å². The molecule has 6 nitrogen and oxygen atoms in total. The summed E-state index contributed by atoms with van der Waals surface area (Å²) < 4.78 is 35.5. The van der Waals surface area contributed by atoms with Crippen molar-refractivity contribution in [1.29, 1.82) is 0 Å². The van der Waals surface area contributed by atoms with Crippen molar-refractivity contribution in [1.82, 2.24) is 4.72 Å². The lowest BCUT2D eigenvalue weighted by molar-refractivity contribution is -0.136. The highest BCUT2D eigenvalue weighted by atomic mass is 32.2. The van der Waals surface area contributed by atoms with E-state index < -0.39 is 16.0 Å². The van der Waals surface area contributed by atoms with E-state index in [1.54, 1.807) is 24.3 Å². The summed E-state index contributed by atoms with van der Waals surface area (Å²) in [5.74, 6) is -0.890. The number of allylic oxidation sites excluding steroid dienone is 2. The molecule has 0 aliphatic heterocycles. The second-order valence-electron chi connectivity index (χ2n) is 9.83. The zero-order chi connectivity index (χ0) is 27.0. The van der Waals surface area contributed by atoms with Crippen molar-refractivity contribution >= 4 is 16.0 Å². The molecule has 1 saturated carbocycles. The summed E-state index contributed by atoms with van der Waals surface area (Å²) in [6.45, 7) is 2.36. The number of carboxylic acid groups (broad SMARTS) is 1. The van der Waals surface area contributed by atoms with Gasteiger partial charge < -0.3 is 9.84 Å². The molecule has 2 N–H and O–H groups in total. The first-order chi connectivity index (χ1) is 18.3. The van der Waals surface area contributed by atoms with Crippen LogP contribution in [0.2, 0.25) is 0 Å². The molecule has 4 rings (SSSR count). The molecule has 0 saturated heterocycles. The third-order valence-electron chi connectivity index (χ3n) is 7.02. The minimum Gasteiger partial charge on any atom is -0.481 e. The molecule has 1 aliphatic carbocycles. The highest BCUT2D eigenvalue weighted by Crippen LogP contribution is 2.34. The van der Waals surface area contributed by atoms with Crippen LogP contribution in [0.1, 0.15) is 43.2 Å². The van der Waals surface area contributed by atoms with Crippen LogP contribution in [0.5, 0.6) is 0 Å². The van der Waals surface area contributed by atoms with Gasteiger partial charge in [-0.1, -0.05) is 84.4 Å². The van der Waals surface area contributed by atoms with Crippen molar-refractivity contribution in [2.24, 2.45) is 5.92 Å². The monoisotopic (exact) mass is 533 g/mol. The van der Waals surface area contributed by atoms with Crippen molar-refractivity contribution in [2.45, 2.75) is 62.7 Å². The molecule has 3 atom stereocenters. The Kier molecular flexibility index (Phi) is 9.50. The van der Waals surface area contributed by atoms with Crippen LogP contribution < -0.4 is 4.72 Å². The fraction of sp³-hybridized carbons (Fsp3) is 0.323. The molecule has 38 heavy (non-hydrogen) atoms. The fourth-order valence-electron chi connectivity index (χ4n) is 4.89. The smallest absolute Gasteiger partial charge is 0.303 e. The third-order valence-corrected chi connectivity index (χ3v) is 8.53. The number of aliphatic carboxylic acids is 1. The number of rotatable bonds is 12. The van der Waals surface area contributed by atoms with Gasteiger partial charge in [-0.15, -0.1) is 0 Å². The van der Waals surface area contributed by atoms with E-state index in [-0.39, 0.29) is 29.4 Å². The van der Waals surface area contributed by atoms with Crippen molar-refractivity contribution in [3.63, 3.8) is 0 Å². The Morgan fingerprint density at radius 3 is 2.32 bits per heavy atom. The zero-order valence-electron chi connectivity index (χ0n) is 21.6. The lowest BCUT2D eigenvalue weighted by Crippen LogP contribution is -2.39. The number of sulfonamides is 1. The number of hydrogen-bond donors (Lipinski definition) is 2. The van der Waals surface area contributed by atoms with Crippen LogP contribution in [0.4, 0.5) is 0 Å². The van der Waals surface area contributed by atoms with E-state index in [0.29, 0.717) is 25.9 Å². The van der Waals surface area contributed by atoms with Crippen LogP contribution in [0, 0.1) is 12.8 Å². The average Bonchev–Trinajstić information content (AvgIpc) is 3.28. The summed E-state index contributed by atoms with van der Waals surface area (Å²) in [5, 5.41) is 8.89. The fourth-order valence-corrected chi connectivity index (χ4v) is 6.21. The number of carboxylic acids is 1. The van der Waals surface area contributed by atoms with Crippen LogP contribution in [0.25, 0.3) is 11.1 Å². The Bertz CT molecular complexity index is 1320. The van der Waals surface area contributed by atoms with Gasteiger partial charge in [0.2, 0.25) is 10.0 Å². The van der Waals surface area contributed by atoms with Crippen molar-refractivity contribution < 1.29 is 23.1 Å². The lowest BCUT2D eigenvalue weighted by Gasteiger charge is -2.25. The molecule has 0 radical (unpaired) electrons. The summed E-state index contributed by atoms with van der Waals surface area (Å²) in [5.41, 5.74) is 4.36. The predicted octanol–water partition coefficient (Wildman–Crippen LogP) is 6.12. The minimum atomic E-state index is -3.67. The highest BCUT2D eigenvalue weighted by Gasteiger charge is 2.38. The van der Waals surface area contributed by atoms with Gasteiger partial charge in [0.1, 0.15) is 0 Å². The topological polar surface area (TPSA) is 92.7 Å². The van der Waals surface area contributed by atoms with Gasteiger partial charge in [-0.2, -0.15) is 0 Å². The molecule has 3 aromatic carbocycles. The normalized spacial score (nSPS) is 19.7. The molecular formula is C31H35NO5S. The van der Waals surface area contributed by atoms with Crippen molar-refractivity contribution in [3.05, 3.63) is 102 Å². The second-order valence-corrected chi connectivity index (χ2v) is 11.5. The molecule has 7 heteroatoms. The summed E-state index contributed by atoms with van der Waals surface area (Å²) in [7, 11) is -3.67. The van der Waals surface area contributed by atoms with Crippen molar-refractivity contribution in [2.75, 3.05) is 0 Å². The molecular weight excluding hydrogens is 498 g/mol. The number of benzene rings is 3. The van der Waals surface area contributed by atoms with E-state index in [1.807, 2.05) is 37.3 Å². The van der Waals surface area contributed by atoms with E-state index in [1.165, 1.54) is 0 Å². The van der Waals surface area contributed by atoms with Crippen LogP contribution in [-0.4, -0.2) is 31.6 Å². The van der Waals surface area contributed by atoms with Gasteiger partial charge in [-0.25, -0.2) is 13.1 Å². The Morgan fingerprint density at radius 1 is 0.947 bits per heavy atom. The number of nitrogens with one attached hydrogen (secondary N) is 1. The molecule has 1 aliphatic rings. The van der Waals surface area contributed by atoms with Crippen LogP contribution >= 0.6 is 0 Å². The molecule has 0 aromatic heterocycles. The maximum absolute atomic E-state index is 13.1. The summed E-state index contributed by atoms with van der Waals surface area (Å²) in [4.78, 5) is 11.1. The van der Waals surface area contributed by atoms with E-state index in [9.17, 15) is 13.2 Å². The molecule has 0 unspecified atom stereocenters. The largest absolute Gasteiger partial charge is 0.481 e. The quantitative estimate of drug-likeness (QED) is 0.274. The lowest BCUT2D eigenvalue weighted by atomic mass is 9.97. The highest BCUT2D eigenvalue weighted by molar-refractivity contribution is 7.89. The van der Waals surface area contributed by atoms with Gasteiger partial charge in [-0.05, 0) is 61.4 Å². The summed E-state index contributed by atoms with van der Waals surface area (Å²) in [6, 6.07) is 25.1. The zero-order valence-corrected chi connectivity index (χ0v) is 22.4. The molecule has 0 amide bonds. The first kappa shape index (κ1) is 27.8. The summed E-state index contributed by atoms with van der Waals surface area (Å²) >= 11 is 0. The Balaban J connectivity index is 1.42. The summed E-state index contributed by atoms with van der Waals surface area (Å²) in [6.07, 6.45) is 6.25. The van der Waals surface area contributed by atoms with Crippen LogP contribution in [0.15, 0.2) is 95.9 Å². The number of carbonyl (C=O) groups is 1. The Labute approximate surface area is 225 Å². The number of hydrogen-bond acceptors (Lipinski definition) is 4. The van der Waals surface area contributed by atoms with Gasteiger partial charge >= 0.3 is 5.97 Å². The van der Waals surface area contributed by atoms with Gasteiger partial charge in [0.05, 0.1) is 17.6 Å². The van der Waals surface area contributed by atoms with Gasteiger partial charge in [0.25, 0.3) is 0 Å². The average molecular weight is 534 g/mol. The van der Waals surface area contributed by atoms with Gasteiger partial charge in [-0.3, -0.25) is 4.79 Å². The molecule has 0 heterocycles. The van der Waals surface area contributed by atoms with Crippen LogP contribution in [-0.2, 0) is 26.2 Å². The SMILES string of the molecule is Cc1ccc(S(=O)(=O)N[C@H]2CC[C@H](OCc3ccc(-c4ccccc4)cc3)[C@@H]2CC=CCCC(=O)O)cc1. The molecule has 3 aromatic rings. The Hall–Kier alpha value is -3.26. The predicted molar refractivity (Wildman–Crippen MR) is 149 cm³/mol. The number of ether oxygens (including phenoxy) is 1. The van der Waals surface area contributed by atoms with E-state index in [0.717, 1.165) is 28.7 Å².